The normalized spacial score (nSPS) is 37.4. The third-order valence-electron chi connectivity index (χ3n) is 3.70. The minimum atomic E-state index is -2.75. The summed E-state index contributed by atoms with van der Waals surface area (Å²) in [6.07, 6.45) is 1.64. The van der Waals surface area contributed by atoms with E-state index >= 15 is 0 Å². The lowest BCUT2D eigenvalue weighted by atomic mass is 10.5. The Morgan fingerprint density at radius 3 is 1.52 bits per heavy atom. The van der Waals surface area contributed by atoms with Crippen LogP contribution in [0.25, 0.3) is 0 Å². The zero-order chi connectivity index (χ0) is 15.9. The Bertz CT molecular complexity index is 291. The molecule has 0 bridgehead atoms. The van der Waals surface area contributed by atoms with E-state index in [-0.39, 0.29) is 0 Å². The molecular weight excluding hydrogens is 340 g/mol. The molecule has 1 aliphatic heterocycles. The third-order valence-corrected chi connectivity index (χ3v) is 22.9. The van der Waals surface area contributed by atoms with Crippen molar-refractivity contribution in [3.05, 3.63) is 0 Å². The van der Waals surface area contributed by atoms with Gasteiger partial charge in [-0.15, -0.1) is 0 Å². The van der Waals surface area contributed by atoms with Crippen LogP contribution in [0.3, 0.4) is 0 Å². The molecule has 1 heterocycles. The fourth-order valence-corrected chi connectivity index (χ4v) is 23.6. The number of rotatable bonds is 8. The molecule has 7 nitrogen and oxygen atoms in total. The lowest BCUT2D eigenvalue weighted by Crippen LogP contribution is -2.56. The summed E-state index contributed by atoms with van der Waals surface area (Å²) in [5, 5.41) is 0. The molecule has 11 heteroatoms. The molecule has 4 atom stereocenters. The van der Waals surface area contributed by atoms with Gasteiger partial charge in [-0.3, -0.25) is 0 Å². The van der Waals surface area contributed by atoms with E-state index < -0.39 is 34.7 Å². The van der Waals surface area contributed by atoms with Gasteiger partial charge < -0.3 is 32.7 Å². The Hall–Kier alpha value is 0.588. The molecule has 0 radical (unpaired) electrons. The summed E-state index contributed by atoms with van der Waals surface area (Å²) in [6.45, 7) is 5.54. The molecule has 1 aliphatic rings. The molecule has 126 valence electrons. The second kappa shape index (κ2) is 9.02. The molecule has 0 saturated carbocycles. The summed E-state index contributed by atoms with van der Waals surface area (Å²) in [6, 6.07) is 1.45. The quantitative estimate of drug-likeness (QED) is 0.566. The minimum Gasteiger partial charge on any atom is -0.419 e. The van der Waals surface area contributed by atoms with Crippen LogP contribution in [-0.2, 0) is 21.2 Å². The van der Waals surface area contributed by atoms with Gasteiger partial charge in [0.15, 0.2) is 17.1 Å². The molecular formula is C10H30N2O5Si4. The highest BCUT2D eigenvalue weighted by molar-refractivity contribution is 7.19. The van der Waals surface area contributed by atoms with Gasteiger partial charge in [-0.25, -0.2) is 0 Å². The summed E-state index contributed by atoms with van der Waals surface area (Å²) in [7, 11) is -5.05. The van der Waals surface area contributed by atoms with Crippen molar-refractivity contribution in [2.24, 2.45) is 11.5 Å². The fourth-order valence-electron chi connectivity index (χ4n) is 2.28. The van der Waals surface area contributed by atoms with E-state index in [0.29, 0.717) is 13.1 Å². The summed E-state index contributed by atoms with van der Waals surface area (Å²) in [5.41, 5.74) is 11.3. The molecule has 1 rings (SSSR count). The first kappa shape index (κ1) is 19.6. The molecule has 0 aromatic carbocycles. The van der Waals surface area contributed by atoms with Gasteiger partial charge in [0.25, 0.3) is 0 Å². The van der Waals surface area contributed by atoms with Crippen LogP contribution in [0.5, 0.6) is 0 Å². The van der Waals surface area contributed by atoms with Crippen LogP contribution in [-0.4, -0.2) is 62.0 Å². The maximum atomic E-state index is 6.38. The van der Waals surface area contributed by atoms with Crippen molar-refractivity contribution in [2.75, 3.05) is 27.3 Å². The second-order valence-corrected chi connectivity index (χ2v) is 21.0. The van der Waals surface area contributed by atoms with Crippen LogP contribution in [0.2, 0.25) is 25.2 Å². The van der Waals surface area contributed by atoms with E-state index in [1.54, 1.807) is 14.2 Å². The molecule has 0 aromatic rings. The summed E-state index contributed by atoms with van der Waals surface area (Å²) < 4.78 is 30.6. The van der Waals surface area contributed by atoms with Crippen LogP contribution in [0.4, 0.5) is 0 Å². The minimum absolute atomic E-state index is 0.596. The Labute approximate surface area is 133 Å². The molecule has 0 aromatic heterocycles. The van der Waals surface area contributed by atoms with E-state index in [1.165, 1.54) is 0 Å². The van der Waals surface area contributed by atoms with Crippen LogP contribution >= 0.6 is 0 Å². The molecule has 4 N–H and O–H groups in total. The highest BCUT2D eigenvalue weighted by Gasteiger charge is 2.56. The molecule has 4 unspecified atom stereocenters. The lowest BCUT2D eigenvalue weighted by Gasteiger charge is -2.35. The fraction of sp³-hybridized carbons (Fsp3) is 1.00. The largest absolute Gasteiger partial charge is 0.482 e. The van der Waals surface area contributed by atoms with Gasteiger partial charge in [0, 0.05) is 26.3 Å². The molecule has 1 saturated heterocycles. The van der Waals surface area contributed by atoms with Gasteiger partial charge in [-0.05, 0) is 39.0 Å². The van der Waals surface area contributed by atoms with E-state index in [4.69, 9.17) is 32.7 Å². The Balaban J connectivity index is 3.02. The molecule has 0 spiro atoms. The maximum absolute atomic E-state index is 6.38. The van der Waals surface area contributed by atoms with Gasteiger partial charge in [0.05, 0.1) is 0 Å². The number of nitrogens with two attached hydrogens (primary N) is 2. The molecule has 0 amide bonds. The highest BCUT2D eigenvalue weighted by Crippen LogP contribution is 2.31. The van der Waals surface area contributed by atoms with Crippen molar-refractivity contribution in [3.63, 3.8) is 0 Å². The third kappa shape index (κ3) is 5.31. The smallest absolute Gasteiger partial charge is 0.419 e. The van der Waals surface area contributed by atoms with E-state index in [1.807, 2.05) is 0 Å². The van der Waals surface area contributed by atoms with Crippen molar-refractivity contribution in [1.82, 2.24) is 0 Å². The van der Waals surface area contributed by atoms with Gasteiger partial charge in [-0.1, -0.05) is 0 Å². The summed E-state index contributed by atoms with van der Waals surface area (Å²) in [5.74, 6) is 0. The van der Waals surface area contributed by atoms with Gasteiger partial charge >= 0.3 is 17.6 Å². The van der Waals surface area contributed by atoms with Crippen LogP contribution in [0.1, 0.15) is 12.8 Å². The summed E-state index contributed by atoms with van der Waals surface area (Å²) >= 11 is 0. The average Bonchev–Trinajstić information content (AvgIpc) is 2.59. The first-order valence-corrected chi connectivity index (χ1v) is 17.3. The topological polar surface area (TPSA) is 98.2 Å². The average molecular weight is 371 g/mol. The van der Waals surface area contributed by atoms with Crippen molar-refractivity contribution in [1.29, 1.82) is 0 Å². The van der Waals surface area contributed by atoms with Crippen LogP contribution < -0.4 is 11.5 Å². The number of hydrogen-bond acceptors (Lipinski definition) is 7. The molecule has 1 fully saturated rings. The summed E-state index contributed by atoms with van der Waals surface area (Å²) in [4.78, 5) is 0. The van der Waals surface area contributed by atoms with Crippen molar-refractivity contribution in [2.45, 2.75) is 38.0 Å². The SMILES string of the molecule is CO[Si]1(CCCN)O[SiH](C)[SiH](C)O[Si](CCCN)(OC)O1. The monoisotopic (exact) mass is 370 g/mol. The number of hydrogen-bond donors (Lipinski definition) is 2. The van der Waals surface area contributed by atoms with E-state index in [2.05, 4.69) is 13.1 Å². The van der Waals surface area contributed by atoms with Crippen LogP contribution in [0.15, 0.2) is 0 Å². The predicted octanol–water partition coefficient (Wildman–Crippen LogP) is -0.296. The molecule has 21 heavy (non-hydrogen) atoms. The highest BCUT2D eigenvalue weighted by atomic mass is 29.2. The van der Waals surface area contributed by atoms with Crippen molar-refractivity contribution < 1.29 is 21.2 Å². The van der Waals surface area contributed by atoms with Gasteiger partial charge in [-0.2, -0.15) is 0 Å². The second-order valence-electron chi connectivity index (χ2n) is 5.31. The zero-order valence-electron chi connectivity index (χ0n) is 13.6. The van der Waals surface area contributed by atoms with Gasteiger partial charge in [0.2, 0.25) is 0 Å². The first-order valence-electron chi connectivity index (χ1n) is 7.52. The first-order chi connectivity index (χ1) is 9.96. The zero-order valence-corrected chi connectivity index (χ0v) is 17.9. The standard InChI is InChI=1S/C10H30N2O5Si4/c1-13-20(9-5-7-11)15-18(3)19(4)16-21(14-2,17-20)10-6-8-12/h18-19H,5-12H2,1-4H3. The predicted molar refractivity (Wildman–Crippen MR) is 91.8 cm³/mol. The Morgan fingerprint density at radius 2 is 1.24 bits per heavy atom. The van der Waals surface area contributed by atoms with Crippen LogP contribution in [0, 0.1) is 0 Å². The van der Waals surface area contributed by atoms with Crippen molar-refractivity contribution >= 4 is 34.7 Å². The Kier molecular flexibility index (Phi) is 8.44. The Morgan fingerprint density at radius 1 is 0.857 bits per heavy atom. The van der Waals surface area contributed by atoms with E-state index in [0.717, 1.165) is 24.9 Å². The maximum Gasteiger partial charge on any atom is 0.482 e. The lowest BCUT2D eigenvalue weighted by molar-refractivity contribution is 0.137. The van der Waals surface area contributed by atoms with E-state index in [9.17, 15) is 0 Å². The molecule has 0 aliphatic carbocycles. The van der Waals surface area contributed by atoms with Crippen molar-refractivity contribution in [3.8, 4) is 0 Å². The van der Waals surface area contributed by atoms with Gasteiger partial charge in [0.1, 0.15) is 0 Å².